The summed E-state index contributed by atoms with van der Waals surface area (Å²) in [7, 11) is -3.54. The summed E-state index contributed by atoms with van der Waals surface area (Å²) >= 11 is 5.68. The molecule has 0 atom stereocenters. The molecule has 21 heavy (non-hydrogen) atoms. The molecule has 112 valence electrons. The van der Waals surface area contributed by atoms with Crippen LogP contribution in [0.2, 0.25) is 5.02 Å². The second-order valence-electron chi connectivity index (χ2n) is 4.59. The molecule has 3 N–H and O–H groups in total. The largest absolute Gasteiger partial charge is 0.381 e. The molecule has 0 fully saturated rings. The number of rotatable bonds is 5. The lowest BCUT2D eigenvalue weighted by molar-refractivity contribution is 0.597. The van der Waals surface area contributed by atoms with Crippen LogP contribution in [0.4, 0.5) is 10.1 Å². The highest BCUT2D eigenvalue weighted by Crippen LogP contribution is 2.17. The fourth-order valence-corrected chi connectivity index (χ4v) is 2.63. The minimum Gasteiger partial charge on any atom is -0.381 e. The highest BCUT2D eigenvalue weighted by atomic mass is 35.5. The van der Waals surface area contributed by atoms with E-state index in [2.05, 4.69) is 5.32 Å². The minimum absolute atomic E-state index is 0.209. The van der Waals surface area contributed by atoms with E-state index in [1.54, 1.807) is 36.4 Å². The van der Waals surface area contributed by atoms with Crippen molar-refractivity contribution in [1.29, 1.82) is 0 Å². The number of hydrogen-bond donors (Lipinski definition) is 2. The topological polar surface area (TPSA) is 72.2 Å². The Morgan fingerprint density at radius 3 is 2.38 bits per heavy atom. The second-order valence-corrected chi connectivity index (χ2v) is 6.64. The Hall–Kier alpha value is -1.63. The summed E-state index contributed by atoms with van der Waals surface area (Å²) in [6, 6.07) is 11.2. The molecule has 0 aliphatic rings. The summed E-state index contributed by atoms with van der Waals surface area (Å²) in [4.78, 5) is 0. The Morgan fingerprint density at radius 1 is 1.14 bits per heavy atom. The Labute approximate surface area is 127 Å². The zero-order valence-corrected chi connectivity index (χ0v) is 12.6. The van der Waals surface area contributed by atoms with E-state index in [1.165, 1.54) is 6.07 Å². The van der Waals surface area contributed by atoms with E-state index < -0.39 is 10.0 Å². The van der Waals surface area contributed by atoms with E-state index >= 15 is 0 Å². The monoisotopic (exact) mass is 328 g/mol. The van der Waals surface area contributed by atoms with Crippen LogP contribution >= 0.6 is 11.6 Å². The van der Waals surface area contributed by atoms with Crippen LogP contribution in [-0.2, 0) is 22.3 Å². The van der Waals surface area contributed by atoms with Gasteiger partial charge in [-0.25, -0.2) is 17.9 Å². The van der Waals surface area contributed by atoms with Gasteiger partial charge in [0.25, 0.3) is 0 Å². The highest BCUT2D eigenvalue weighted by Gasteiger charge is 2.05. The molecule has 0 saturated heterocycles. The number of hydrogen-bond acceptors (Lipinski definition) is 3. The predicted molar refractivity (Wildman–Crippen MR) is 82.0 cm³/mol. The fourth-order valence-electron chi connectivity index (χ4n) is 1.81. The summed E-state index contributed by atoms with van der Waals surface area (Å²) in [5.41, 5.74) is 1.84. The van der Waals surface area contributed by atoms with Crippen LogP contribution in [0.25, 0.3) is 0 Å². The molecule has 0 aliphatic carbocycles. The molecule has 4 nitrogen and oxygen atoms in total. The summed E-state index contributed by atoms with van der Waals surface area (Å²) in [5, 5.41) is 8.37. The molecule has 7 heteroatoms. The lowest BCUT2D eigenvalue weighted by atomic mass is 10.2. The smallest absolute Gasteiger partial charge is 0.213 e. The Bertz CT molecular complexity index is 733. The molecular weight excluding hydrogens is 315 g/mol. The Kier molecular flexibility index (Phi) is 4.82. The molecule has 2 aromatic rings. The molecule has 0 saturated carbocycles. The summed E-state index contributed by atoms with van der Waals surface area (Å²) < 4.78 is 35.5. The normalized spacial score (nSPS) is 11.4. The molecule has 0 bridgehead atoms. The number of anilines is 1. The van der Waals surface area contributed by atoms with Gasteiger partial charge in [-0.05, 0) is 29.8 Å². The van der Waals surface area contributed by atoms with Crippen LogP contribution in [0, 0.1) is 5.82 Å². The molecule has 2 rings (SSSR count). The SMILES string of the molecule is NS(=O)(=O)Cc1ccc(NCc2ccc(Cl)cc2F)cc1. The van der Waals surface area contributed by atoms with E-state index in [4.69, 9.17) is 16.7 Å². The van der Waals surface area contributed by atoms with Gasteiger partial charge in [-0.3, -0.25) is 0 Å². The van der Waals surface area contributed by atoms with E-state index in [1.807, 2.05) is 0 Å². The Balaban J connectivity index is 2.00. The van der Waals surface area contributed by atoms with Crippen molar-refractivity contribution in [2.75, 3.05) is 5.32 Å². The van der Waals surface area contributed by atoms with Crippen LogP contribution in [0.3, 0.4) is 0 Å². The van der Waals surface area contributed by atoms with E-state index in [0.29, 0.717) is 22.7 Å². The third kappa shape index (κ3) is 5.00. The molecular formula is C14H14ClFN2O2S. The van der Waals surface area contributed by atoms with Gasteiger partial charge in [0, 0.05) is 22.8 Å². The molecule has 0 heterocycles. The molecule has 0 aliphatic heterocycles. The van der Waals surface area contributed by atoms with Gasteiger partial charge >= 0.3 is 0 Å². The van der Waals surface area contributed by atoms with Crippen molar-refractivity contribution in [3.8, 4) is 0 Å². The average Bonchev–Trinajstić information content (AvgIpc) is 2.38. The maximum Gasteiger partial charge on any atom is 0.213 e. The molecule has 0 radical (unpaired) electrons. The first kappa shape index (κ1) is 15.8. The van der Waals surface area contributed by atoms with Gasteiger partial charge in [-0.15, -0.1) is 0 Å². The summed E-state index contributed by atoms with van der Waals surface area (Å²) in [6.07, 6.45) is 0. The molecule has 0 aromatic heterocycles. The summed E-state index contributed by atoms with van der Waals surface area (Å²) in [5.74, 6) is -0.583. The van der Waals surface area contributed by atoms with Gasteiger partial charge in [-0.2, -0.15) is 0 Å². The predicted octanol–water partition coefficient (Wildman–Crippen LogP) is 2.88. The lowest BCUT2D eigenvalue weighted by Crippen LogP contribution is -2.14. The number of nitrogens with two attached hydrogens (primary N) is 1. The van der Waals surface area contributed by atoms with E-state index in [-0.39, 0.29) is 11.6 Å². The van der Waals surface area contributed by atoms with Gasteiger partial charge in [-0.1, -0.05) is 29.8 Å². The van der Waals surface area contributed by atoms with Crippen molar-refractivity contribution in [1.82, 2.24) is 0 Å². The van der Waals surface area contributed by atoms with Crippen molar-refractivity contribution in [2.24, 2.45) is 5.14 Å². The first-order valence-corrected chi connectivity index (χ1v) is 8.20. The Morgan fingerprint density at radius 2 is 1.81 bits per heavy atom. The molecule has 2 aromatic carbocycles. The van der Waals surface area contributed by atoms with Crippen molar-refractivity contribution >= 4 is 27.3 Å². The van der Waals surface area contributed by atoms with Crippen LogP contribution in [0.15, 0.2) is 42.5 Å². The lowest BCUT2D eigenvalue weighted by Gasteiger charge is -2.08. The molecule has 0 spiro atoms. The zero-order chi connectivity index (χ0) is 15.5. The van der Waals surface area contributed by atoms with E-state index in [0.717, 1.165) is 5.69 Å². The number of halogens is 2. The van der Waals surface area contributed by atoms with Crippen LogP contribution < -0.4 is 10.5 Å². The van der Waals surface area contributed by atoms with Gasteiger partial charge < -0.3 is 5.32 Å². The van der Waals surface area contributed by atoms with Gasteiger partial charge in [0.05, 0.1) is 5.75 Å². The number of primary sulfonamides is 1. The number of benzene rings is 2. The third-order valence-electron chi connectivity index (χ3n) is 2.82. The summed E-state index contributed by atoms with van der Waals surface area (Å²) in [6.45, 7) is 0.303. The maximum absolute atomic E-state index is 13.6. The van der Waals surface area contributed by atoms with E-state index in [9.17, 15) is 12.8 Å². The number of sulfonamides is 1. The van der Waals surface area contributed by atoms with Crippen molar-refractivity contribution < 1.29 is 12.8 Å². The first-order chi connectivity index (χ1) is 9.83. The van der Waals surface area contributed by atoms with Crippen LogP contribution in [-0.4, -0.2) is 8.42 Å². The van der Waals surface area contributed by atoms with Gasteiger partial charge in [0.1, 0.15) is 5.82 Å². The van der Waals surface area contributed by atoms with Crippen molar-refractivity contribution in [2.45, 2.75) is 12.3 Å². The number of nitrogens with one attached hydrogen (secondary N) is 1. The molecule has 0 amide bonds. The third-order valence-corrected chi connectivity index (χ3v) is 3.79. The maximum atomic E-state index is 13.6. The quantitative estimate of drug-likeness (QED) is 0.886. The zero-order valence-electron chi connectivity index (χ0n) is 11.0. The molecule has 0 unspecified atom stereocenters. The van der Waals surface area contributed by atoms with Crippen molar-refractivity contribution in [3.63, 3.8) is 0 Å². The van der Waals surface area contributed by atoms with Gasteiger partial charge in [0.15, 0.2) is 0 Å². The van der Waals surface area contributed by atoms with Crippen LogP contribution in [0.5, 0.6) is 0 Å². The highest BCUT2D eigenvalue weighted by molar-refractivity contribution is 7.88. The standard InChI is InChI=1S/C14H14ClFN2O2S/c15-12-4-3-11(14(16)7-12)8-18-13-5-1-10(2-6-13)9-21(17,19)20/h1-7,18H,8-9H2,(H2,17,19,20). The first-order valence-electron chi connectivity index (χ1n) is 6.11. The van der Waals surface area contributed by atoms with Crippen molar-refractivity contribution in [3.05, 3.63) is 64.4 Å². The van der Waals surface area contributed by atoms with Gasteiger partial charge in [0.2, 0.25) is 10.0 Å². The second kappa shape index (κ2) is 6.43. The van der Waals surface area contributed by atoms with Crippen LogP contribution in [0.1, 0.15) is 11.1 Å². The minimum atomic E-state index is -3.54. The average molecular weight is 329 g/mol. The fraction of sp³-hybridized carbons (Fsp3) is 0.143.